The van der Waals surface area contributed by atoms with Gasteiger partial charge in [0.25, 0.3) is 11.1 Å². The molecule has 156 valence electrons. The highest BCUT2D eigenvalue weighted by Gasteiger charge is 2.37. The number of piperidine rings is 1. The van der Waals surface area contributed by atoms with Gasteiger partial charge in [-0.05, 0) is 84.1 Å². The fourth-order valence-corrected chi connectivity index (χ4v) is 4.57. The molecule has 0 unspecified atom stereocenters. The minimum atomic E-state index is -0.419. The number of hydrogen-bond donors (Lipinski definition) is 0. The molecule has 0 bridgehead atoms. The molecule has 2 aliphatic rings. The van der Waals surface area contributed by atoms with Gasteiger partial charge < -0.3 is 9.64 Å². The number of amides is 3. The van der Waals surface area contributed by atoms with Gasteiger partial charge in [0.15, 0.2) is 0 Å². The zero-order valence-corrected chi connectivity index (χ0v) is 19.2. The van der Waals surface area contributed by atoms with Crippen LogP contribution in [-0.2, 0) is 9.59 Å². The molecule has 0 spiro atoms. The smallest absolute Gasteiger partial charge is 0.294 e. The maximum Gasteiger partial charge on any atom is 0.294 e. The van der Waals surface area contributed by atoms with Crippen molar-refractivity contribution in [2.24, 2.45) is 5.92 Å². The summed E-state index contributed by atoms with van der Waals surface area (Å²) in [6.07, 6.45) is 3.63. The van der Waals surface area contributed by atoms with Gasteiger partial charge in [0.2, 0.25) is 5.91 Å². The molecule has 1 aromatic carbocycles. The first-order chi connectivity index (χ1) is 13.7. The van der Waals surface area contributed by atoms with E-state index in [0.717, 1.165) is 39.5 Å². The molecule has 0 aromatic heterocycles. The monoisotopic (exact) mass is 480 g/mol. The quantitative estimate of drug-likeness (QED) is 0.579. The SMILES string of the molecule is CC1CCN(C(=O)CN2C(=O)S/C(=C\c3ccc(OC(C)C)c(Br)c3)C2=O)CC1. The van der Waals surface area contributed by atoms with Gasteiger partial charge >= 0.3 is 0 Å². The van der Waals surface area contributed by atoms with Crippen LogP contribution in [0.1, 0.15) is 39.2 Å². The van der Waals surface area contributed by atoms with E-state index in [9.17, 15) is 14.4 Å². The third-order valence-corrected chi connectivity index (χ3v) is 6.45. The predicted molar refractivity (Wildman–Crippen MR) is 118 cm³/mol. The molecule has 29 heavy (non-hydrogen) atoms. The highest BCUT2D eigenvalue weighted by molar-refractivity contribution is 9.10. The largest absolute Gasteiger partial charge is 0.490 e. The Labute approximate surface area is 183 Å². The van der Waals surface area contributed by atoms with Gasteiger partial charge in [-0.25, -0.2) is 0 Å². The van der Waals surface area contributed by atoms with Crippen molar-refractivity contribution in [3.8, 4) is 5.75 Å². The molecule has 3 amide bonds. The van der Waals surface area contributed by atoms with E-state index >= 15 is 0 Å². The van der Waals surface area contributed by atoms with Crippen LogP contribution < -0.4 is 4.74 Å². The lowest BCUT2D eigenvalue weighted by atomic mass is 9.99. The molecule has 8 heteroatoms. The number of thioether (sulfide) groups is 1. The summed E-state index contributed by atoms with van der Waals surface area (Å²) >= 11 is 4.34. The van der Waals surface area contributed by atoms with E-state index in [1.165, 1.54) is 0 Å². The van der Waals surface area contributed by atoms with E-state index in [0.29, 0.717) is 29.7 Å². The summed E-state index contributed by atoms with van der Waals surface area (Å²) in [5.74, 6) is 0.735. The summed E-state index contributed by atoms with van der Waals surface area (Å²) in [4.78, 5) is 40.7. The second kappa shape index (κ2) is 9.34. The van der Waals surface area contributed by atoms with Crippen molar-refractivity contribution >= 4 is 50.8 Å². The third-order valence-electron chi connectivity index (χ3n) is 4.92. The van der Waals surface area contributed by atoms with Crippen molar-refractivity contribution < 1.29 is 19.1 Å². The highest BCUT2D eigenvalue weighted by Crippen LogP contribution is 2.34. The van der Waals surface area contributed by atoms with Gasteiger partial charge in [0.1, 0.15) is 12.3 Å². The number of imide groups is 1. The summed E-state index contributed by atoms with van der Waals surface area (Å²) in [5.41, 5.74) is 0.773. The number of carbonyl (C=O) groups is 3. The van der Waals surface area contributed by atoms with Crippen LogP contribution in [0.25, 0.3) is 6.08 Å². The Bertz CT molecular complexity index is 847. The van der Waals surface area contributed by atoms with E-state index in [4.69, 9.17) is 4.74 Å². The molecule has 2 heterocycles. The number of ether oxygens (including phenoxy) is 1. The van der Waals surface area contributed by atoms with Gasteiger partial charge in [0, 0.05) is 13.1 Å². The molecule has 0 N–H and O–H groups in total. The fraction of sp³-hybridized carbons (Fsp3) is 0.476. The summed E-state index contributed by atoms with van der Waals surface area (Å²) in [6, 6.07) is 5.49. The zero-order valence-electron chi connectivity index (χ0n) is 16.8. The van der Waals surface area contributed by atoms with Gasteiger partial charge in [-0.2, -0.15) is 0 Å². The molecular formula is C21H25BrN2O4S. The lowest BCUT2D eigenvalue weighted by molar-refractivity contribution is -0.136. The van der Waals surface area contributed by atoms with Crippen molar-refractivity contribution in [3.63, 3.8) is 0 Å². The fourth-order valence-electron chi connectivity index (χ4n) is 3.24. The lowest BCUT2D eigenvalue weighted by Crippen LogP contribution is -2.45. The van der Waals surface area contributed by atoms with Crippen LogP contribution in [0.3, 0.4) is 0 Å². The Hall–Kier alpha value is -1.80. The van der Waals surface area contributed by atoms with Crippen LogP contribution in [0.4, 0.5) is 4.79 Å². The van der Waals surface area contributed by atoms with Crippen molar-refractivity contribution in [2.75, 3.05) is 19.6 Å². The van der Waals surface area contributed by atoms with Crippen LogP contribution in [0.15, 0.2) is 27.6 Å². The van der Waals surface area contributed by atoms with Gasteiger partial charge in [-0.3, -0.25) is 19.3 Å². The van der Waals surface area contributed by atoms with Crippen LogP contribution >= 0.6 is 27.7 Å². The summed E-state index contributed by atoms with van der Waals surface area (Å²) < 4.78 is 6.46. The Morgan fingerprint density at radius 3 is 2.62 bits per heavy atom. The molecule has 2 aliphatic heterocycles. The Kier molecular flexibility index (Phi) is 7.05. The maximum atomic E-state index is 12.7. The third kappa shape index (κ3) is 5.42. The number of carbonyl (C=O) groups excluding carboxylic acids is 3. The normalized spacial score (nSPS) is 19.6. The van der Waals surface area contributed by atoms with Crippen LogP contribution in [-0.4, -0.2) is 52.6 Å². The molecule has 0 radical (unpaired) electrons. The molecule has 3 rings (SSSR count). The molecular weight excluding hydrogens is 456 g/mol. The second-order valence-electron chi connectivity index (χ2n) is 7.69. The van der Waals surface area contributed by atoms with Crippen LogP contribution in [0, 0.1) is 5.92 Å². The number of hydrogen-bond acceptors (Lipinski definition) is 5. The zero-order chi connectivity index (χ0) is 21.1. The highest BCUT2D eigenvalue weighted by atomic mass is 79.9. The molecule has 6 nitrogen and oxygen atoms in total. The van der Waals surface area contributed by atoms with Gasteiger partial charge in [-0.15, -0.1) is 0 Å². The van der Waals surface area contributed by atoms with Crippen LogP contribution in [0.5, 0.6) is 5.75 Å². The Morgan fingerprint density at radius 2 is 2.00 bits per heavy atom. The van der Waals surface area contributed by atoms with E-state index in [-0.39, 0.29) is 18.6 Å². The average molecular weight is 481 g/mol. The molecule has 2 fully saturated rings. The molecule has 0 atom stereocenters. The van der Waals surface area contributed by atoms with E-state index < -0.39 is 11.1 Å². The van der Waals surface area contributed by atoms with Crippen molar-refractivity contribution in [1.29, 1.82) is 0 Å². The van der Waals surface area contributed by atoms with Crippen molar-refractivity contribution in [3.05, 3.63) is 33.1 Å². The topological polar surface area (TPSA) is 66.9 Å². The second-order valence-corrected chi connectivity index (χ2v) is 9.54. The average Bonchev–Trinajstić information content (AvgIpc) is 2.91. The first-order valence-electron chi connectivity index (χ1n) is 9.74. The first-order valence-corrected chi connectivity index (χ1v) is 11.3. The van der Waals surface area contributed by atoms with Crippen molar-refractivity contribution in [1.82, 2.24) is 9.80 Å². The number of benzene rings is 1. The molecule has 2 saturated heterocycles. The number of nitrogens with zero attached hydrogens (tertiary/aromatic N) is 2. The molecule has 1 aromatic rings. The molecule has 0 saturated carbocycles. The van der Waals surface area contributed by atoms with E-state index in [2.05, 4.69) is 22.9 Å². The van der Waals surface area contributed by atoms with E-state index in [1.807, 2.05) is 32.0 Å². The number of halogens is 1. The number of likely N-dealkylation sites (tertiary alicyclic amines) is 1. The van der Waals surface area contributed by atoms with Crippen molar-refractivity contribution in [2.45, 2.75) is 39.7 Å². The Morgan fingerprint density at radius 1 is 1.31 bits per heavy atom. The van der Waals surface area contributed by atoms with Gasteiger partial charge in [-0.1, -0.05) is 13.0 Å². The number of rotatable bonds is 5. The summed E-state index contributed by atoms with van der Waals surface area (Å²) in [7, 11) is 0. The predicted octanol–water partition coefficient (Wildman–Crippen LogP) is 4.53. The minimum Gasteiger partial charge on any atom is -0.490 e. The standard InChI is InChI=1S/C21H25BrN2O4S/c1-13(2)28-17-5-4-15(10-16(17)22)11-18-20(26)24(21(27)29-18)12-19(25)23-8-6-14(3)7-9-23/h4-5,10-11,13-14H,6-9,12H2,1-3H3/b18-11-. The van der Waals surface area contributed by atoms with Gasteiger partial charge in [0.05, 0.1) is 15.5 Å². The summed E-state index contributed by atoms with van der Waals surface area (Å²) in [5, 5.41) is -0.404. The molecule has 0 aliphatic carbocycles. The first kappa shape index (κ1) is 21.9. The van der Waals surface area contributed by atoms with Crippen LogP contribution in [0.2, 0.25) is 0 Å². The minimum absolute atomic E-state index is 0.0503. The lowest BCUT2D eigenvalue weighted by Gasteiger charge is -2.31. The maximum absolute atomic E-state index is 12.7. The Balaban J connectivity index is 1.68. The summed E-state index contributed by atoms with van der Waals surface area (Å²) in [6.45, 7) is 7.24. The van der Waals surface area contributed by atoms with E-state index in [1.54, 1.807) is 11.0 Å².